The molecule has 8 heteroatoms. The first-order valence-corrected chi connectivity index (χ1v) is 11.3. The van der Waals surface area contributed by atoms with Crippen LogP contribution in [0.4, 0.5) is 11.4 Å². The molecule has 0 unspecified atom stereocenters. The Balaban J connectivity index is 2.12. The normalized spacial score (nSPS) is 11.5. The van der Waals surface area contributed by atoms with Crippen molar-refractivity contribution in [1.29, 1.82) is 0 Å². The molecule has 0 atom stereocenters. The summed E-state index contributed by atoms with van der Waals surface area (Å²) in [5, 5.41) is 5.83. The average molecular weight is 468 g/mol. The first-order chi connectivity index (χ1) is 13.2. The lowest BCUT2D eigenvalue weighted by atomic mass is 10.2. The van der Waals surface area contributed by atoms with Gasteiger partial charge < -0.3 is 10.6 Å². The Labute approximate surface area is 175 Å². The SMILES string of the molecule is CCN(CC)S(=O)(=O)c1cc(NCC(=O)Nc2ccc(C)cc2Br)ccc1C. The number of benzene rings is 2. The monoisotopic (exact) mass is 467 g/mol. The molecule has 0 aliphatic rings. The Kier molecular flexibility index (Phi) is 7.63. The summed E-state index contributed by atoms with van der Waals surface area (Å²) >= 11 is 3.43. The molecular formula is C20H26BrN3O3S. The van der Waals surface area contributed by atoms with Crippen LogP contribution < -0.4 is 10.6 Å². The van der Waals surface area contributed by atoms with Crippen LogP contribution in [0.3, 0.4) is 0 Å². The molecule has 2 rings (SSSR count). The van der Waals surface area contributed by atoms with Gasteiger partial charge in [-0.1, -0.05) is 26.0 Å². The minimum absolute atomic E-state index is 0.0220. The number of hydrogen-bond donors (Lipinski definition) is 2. The van der Waals surface area contributed by atoms with E-state index in [4.69, 9.17) is 0 Å². The molecule has 0 spiro atoms. The molecule has 2 aromatic carbocycles. The largest absolute Gasteiger partial charge is 0.376 e. The first-order valence-electron chi connectivity index (χ1n) is 9.09. The maximum absolute atomic E-state index is 12.8. The van der Waals surface area contributed by atoms with Crippen molar-refractivity contribution in [2.75, 3.05) is 30.3 Å². The van der Waals surface area contributed by atoms with Gasteiger partial charge in [0.15, 0.2) is 0 Å². The Morgan fingerprint density at radius 2 is 1.75 bits per heavy atom. The second kappa shape index (κ2) is 9.54. The number of anilines is 2. The number of aryl methyl sites for hydroxylation is 2. The molecule has 0 radical (unpaired) electrons. The molecule has 0 aromatic heterocycles. The van der Waals surface area contributed by atoms with Crippen molar-refractivity contribution in [3.63, 3.8) is 0 Å². The van der Waals surface area contributed by atoms with Gasteiger partial charge in [0, 0.05) is 23.2 Å². The lowest BCUT2D eigenvalue weighted by Crippen LogP contribution is -2.31. The van der Waals surface area contributed by atoms with Crippen molar-refractivity contribution >= 4 is 43.2 Å². The van der Waals surface area contributed by atoms with Gasteiger partial charge in [-0.25, -0.2) is 8.42 Å². The van der Waals surface area contributed by atoms with E-state index < -0.39 is 10.0 Å². The summed E-state index contributed by atoms with van der Waals surface area (Å²) in [7, 11) is -3.56. The van der Waals surface area contributed by atoms with Gasteiger partial charge in [0.25, 0.3) is 0 Å². The summed E-state index contributed by atoms with van der Waals surface area (Å²) in [6, 6.07) is 10.8. The van der Waals surface area contributed by atoms with E-state index in [1.807, 2.05) is 39.0 Å². The molecule has 2 aromatic rings. The van der Waals surface area contributed by atoms with Gasteiger partial charge in [-0.2, -0.15) is 4.31 Å². The highest BCUT2D eigenvalue weighted by Gasteiger charge is 2.23. The topological polar surface area (TPSA) is 78.5 Å². The molecule has 6 nitrogen and oxygen atoms in total. The molecule has 0 saturated carbocycles. The molecule has 28 heavy (non-hydrogen) atoms. The highest BCUT2D eigenvalue weighted by Crippen LogP contribution is 2.25. The number of carbonyl (C=O) groups is 1. The van der Waals surface area contributed by atoms with E-state index in [1.54, 1.807) is 25.1 Å². The number of hydrogen-bond acceptors (Lipinski definition) is 4. The lowest BCUT2D eigenvalue weighted by Gasteiger charge is -2.20. The van der Waals surface area contributed by atoms with E-state index in [0.29, 0.717) is 30.0 Å². The Hall–Kier alpha value is -1.90. The van der Waals surface area contributed by atoms with E-state index in [0.717, 1.165) is 10.0 Å². The van der Waals surface area contributed by atoms with Crippen LogP contribution in [0.2, 0.25) is 0 Å². The van der Waals surface area contributed by atoms with Gasteiger partial charge in [-0.05, 0) is 65.2 Å². The molecule has 1 amide bonds. The van der Waals surface area contributed by atoms with Crippen LogP contribution in [-0.2, 0) is 14.8 Å². The summed E-state index contributed by atoms with van der Waals surface area (Å²) < 4.78 is 27.9. The standard InChI is InChI=1S/C20H26BrN3O3S/c1-5-24(6-2)28(26,27)19-12-16(9-8-15(19)4)22-13-20(25)23-18-10-7-14(3)11-17(18)21/h7-12,22H,5-6,13H2,1-4H3,(H,23,25). The van der Waals surface area contributed by atoms with Crippen LogP contribution in [0.25, 0.3) is 0 Å². The zero-order valence-corrected chi connectivity index (χ0v) is 18.9. The summed E-state index contributed by atoms with van der Waals surface area (Å²) in [5.74, 6) is -0.224. The zero-order valence-electron chi connectivity index (χ0n) is 16.5. The molecular weight excluding hydrogens is 442 g/mol. The average Bonchev–Trinajstić information content (AvgIpc) is 2.64. The summed E-state index contributed by atoms with van der Waals surface area (Å²) in [6.45, 7) is 8.20. The quantitative estimate of drug-likeness (QED) is 0.610. The number of carbonyl (C=O) groups excluding carboxylic acids is 1. The second-order valence-corrected chi connectivity index (χ2v) is 9.22. The van der Waals surface area contributed by atoms with Crippen LogP contribution in [0, 0.1) is 13.8 Å². The Morgan fingerprint density at radius 3 is 2.36 bits per heavy atom. The summed E-state index contributed by atoms with van der Waals surface area (Å²) in [5.41, 5.74) is 3.02. The molecule has 0 saturated heterocycles. The van der Waals surface area contributed by atoms with Gasteiger partial charge in [-0.3, -0.25) is 4.79 Å². The lowest BCUT2D eigenvalue weighted by molar-refractivity contribution is -0.114. The van der Waals surface area contributed by atoms with Crippen molar-refractivity contribution in [2.45, 2.75) is 32.6 Å². The predicted octanol–water partition coefficient (Wildman–Crippen LogP) is 4.15. The van der Waals surface area contributed by atoms with E-state index in [2.05, 4.69) is 26.6 Å². The minimum atomic E-state index is -3.56. The molecule has 0 fully saturated rings. The Morgan fingerprint density at radius 1 is 1.07 bits per heavy atom. The van der Waals surface area contributed by atoms with Crippen molar-refractivity contribution in [3.8, 4) is 0 Å². The third kappa shape index (κ3) is 5.33. The zero-order chi connectivity index (χ0) is 20.9. The predicted molar refractivity (Wildman–Crippen MR) is 117 cm³/mol. The number of halogens is 1. The van der Waals surface area contributed by atoms with E-state index in [-0.39, 0.29) is 17.3 Å². The highest BCUT2D eigenvalue weighted by atomic mass is 79.9. The molecule has 0 aliphatic carbocycles. The second-order valence-electron chi connectivity index (χ2n) is 6.45. The van der Waals surface area contributed by atoms with Crippen LogP contribution in [0.1, 0.15) is 25.0 Å². The van der Waals surface area contributed by atoms with E-state index in [1.165, 1.54) is 4.31 Å². The smallest absolute Gasteiger partial charge is 0.243 e. The fraction of sp³-hybridized carbons (Fsp3) is 0.350. The fourth-order valence-electron chi connectivity index (χ4n) is 2.79. The summed E-state index contributed by atoms with van der Waals surface area (Å²) in [6.07, 6.45) is 0. The van der Waals surface area contributed by atoms with Gasteiger partial charge in [0.2, 0.25) is 15.9 Å². The van der Waals surface area contributed by atoms with Crippen molar-refractivity contribution in [2.24, 2.45) is 0 Å². The van der Waals surface area contributed by atoms with Crippen LogP contribution >= 0.6 is 15.9 Å². The first kappa shape index (κ1) is 22.4. The number of amides is 1. The molecule has 152 valence electrons. The number of sulfonamides is 1. The number of nitrogens with one attached hydrogen (secondary N) is 2. The molecule has 0 heterocycles. The maximum Gasteiger partial charge on any atom is 0.243 e. The van der Waals surface area contributed by atoms with Gasteiger partial charge >= 0.3 is 0 Å². The fourth-order valence-corrected chi connectivity index (χ4v) is 5.09. The van der Waals surface area contributed by atoms with Crippen molar-refractivity contribution in [1.82, 2.24) is 4.31 Å². The van der Waals surface area contributed by atoms with E-state index >= 15 is 0 Å². The molecule has 0 aliphatic heterocycles. The van der Waals surface area contributed by atoms with Gasteiger partial charge in [0.1, 0.15) is 0 Å². The third-order valence-electron chi connectivity index (χ3n) is 4.36. The summed E-state index contributed by atoms with van der Waals surface area (Å²) in [4.78, 5) is 12.5. The molecule has 2 N–H and O–H groups in total. The molecule has 0 bridgehead atoms. The van der Waals surface area contributed by atoms with E-state index in [9.17, 15) is 13.2 Å². The Bertz CT molecular complexity index is 957. The minimum Gasteiger partial charge on any atom is -0.376 e. The van der Waals surface area contributed by atoms with Crippen LogP contribution in [0.5, 0.6) is 0 Å². The van der Waals surface area contributed by atoms with Crippen LogP contribution in [-0.4, -0.2) is 38.3 Å². The van der Waals surface area contributed by atoms with Gasteiger partial charge in [-0.15, -0.1) is 0 Å². The van der Waals surface area contributed by atoms with Crippen molar-refractivity contribution < 1.29 is 13.2 Å². The highest BCUT2D eigenvalue weighted by molar-refractivity contribution is 9.10. The number of rotatable bonds is 8. The van der Waals surface area contributed by atoms with Crippen molar-refractivity contribution in [3.05, 3.63) is 52.0 Å². The van der Waals surface area contributed by atoms with Crippen LogP contribution in [0.15, 0.2) is 45.8 Å². The number of nitrogens with zero attached hydrogens (tertiary/aromatic N) is 1. The van der Waals surface area contributed by atoms with Gasteiger partial charge in [0.05, 0.1) is 17.1 Å². The third-order valence-corrected chi connectivity index (χ3v) is 7.21. The maximum atomic E-state index is 12.8.